The Balaban J connectivity index is 1.56. The number of hydrogen-bond acceptors (Lipinski definition) is 6. The zero-order chi connectivity index (χ0) is 26.5. The summed E-state index contributed by atoms with van der Waals surface area (Å²) in [5.41, 5.74) is 2.46. The van der Waals surface area contributed by atoms with Crippen LogP contribution in [0.4, 0.5) is 9.59 Å². The van der Waals surface area contributed by atoms with Gasteiger partial charge in [0.25, 0.3) is 0 Å². The van der Waals surface area contributed by atoms with Gasteiger partial charge in [-0.2, -0.15) is 0 Å². The third-order valence-electron chi connectivity index (χ3n) is 5.59. The van der Waals surface area contributed by atoms with Crippen molar-refractivity contribution in [3.05, 3.63) is 102 Å². The van der Waals surface area contributed by atoms with Crippen LogP contribution in [0.3, 0.4) is 0 Å². The smallest absolute Gasteiger partial charge is 0.445 e. The molecule has 3 rings (SSSR count). The highest BCUT2D eigenvalue weighted by Crippen LogP contribution is 2.15. The molecule has 194 valence electrons. The number of carbonyl (C=O) groups is 3. The highest BCUT2D eigenvalue weighted by molar-refractivity contribution is 5.86. The fraction of sp³-hybridized carbons (Fsp3) is 0.276. The SMILES string of the molecule is CC[C@H](C)NC(=O)[C@H](Cc1ccc(OC(=O)OCc2ccccc2)cc1)NC(=O)OCc1ccccc1. The zero-order valence-electron chi connectivity index (χ0n) is 21.0. The lowest BCUT2D eigenvalue weighted by Crippen LogP contribution is -2.50. The Labute approximate surface area is 216 Å². The van der Waals surface area contributed by atoms with E-state index >= 15 is 0 Å². The summed E-state index contributed by atoms with van der Waals surface area (Å²) in [6.07, 6.45) is -0.524. The summed E-state index contributed by atoms with van der Waals surface area (Å²) in [7, 11) is 0. The summed E-state index contributed by atoms with van der Waals surface area (Å²) in [4.78, 5) is 37.3. The number of hydrogen-bond donors (Lipinski definition) is 2. The average Bonchev–Trinajstić information content (AvgIpc) is 2.92. The first-order valence-electron chi connectivity index (χ1n) is 12.2. The quantitative estimate of drug-likeness (QED) is 0.276. The third-order valence-corrected chi connectivity index (χ3v) is 5.59. The van der Waals surface area contributed by atoms with E-state index in [0.29, 0.717) is 5.75 Å². The molecule has 0 saturated carbocycles. The predicted octanol–water partition coefficient (Wildman–Crippen LogP) is 5.15. The lowest BCUT2D eigenvalue weighted by molar-refractivity contribution is -0.123. The Morgan fingerprint density at radius 1 is 0.730 bits per heavy atom. The van der Waals surface area contributed by atoms with Gasteiger partial charge in [-0.3, -0.25) is 4.79 Å². The molecule has 0 aliphatic carbocycles. The summed E-state index contributed by atoms with van der Waals surface area (Å²) < 4.78 is 15.6. The monoisotopic (exact) mass is 504 g/mol. The summed E-state index contributed by atoms with van der Waals surface area (Å²) in [5, 5.41) is 5.56. The van der Waals surface area contributed by atoms with Gasteiger partial charge >= 0.3 is 12.2 Å². The Morgan fingerprint density at radius 3 is 1.86 bits per heavy atom. The number of ether oxygens (including phenoxy) is 3. The van der Waals surface area contributed by atoms with Gasteiger partial charge in [0.2, 0.25) is 5.91 Å². The molecule has 3 aromatic rings. The molecule has 0 heterocycles. The van der Waals surface area contributed by atoms with Crippen molar-refractivity contribution in [2.75, 3.05) is 0 Å². The summed E-state index contributed by atoms with van der Waals surface area (Å²) in [6, 6.07) is 24.3. The van der Waals surface area contributed by atoms with E-state index in [-0.39, 0.29) is 31.6 Å². The summed E-state index contributed by atoms with van der Waals surface area (Å²) >= 11 is 0. The lowest BCUT2D eigenvalue weighted by Gasteiger charge is -2.21. The first-order valence-corrected chi connectivity index (χ1v) is 12.2. The van der Waals surface area contributed by atoms with Crippen LogP contribution in [0.1, 0.15) is 37.0 Å². The predicted molar refractivity (Wildman–Crippen MR) is 139 cm³/mol. The molecule has 2 atom stereocenters. The molecule has 37 heavy (non-hydrogen) atoms. The van der Waals surface area contributed by atoms with Crippen LogP contribution in [-0.4, -0.2) is 30.2 Å². The average molecular weight is 505 g/mol. The second-order valence-corrected chi connectivity index (χ2v) is 8.55. The maximum absolute atomic E-state index is 12.9. The highest BCUT2D eigenvalue weighted by Gasteiger charge is 2.23. The van der Waals surface area contributed by atoms with Gasteiger partial charge in [-0.25, -0.2) is 9.59 Å². The largest absolute Gasteiger partial charge is 0.514 e. The molecule has 0 unspecified atom stereocenters. The van der Waals surface area contributed by atoms with E-state index in [1.807, 2.05) is 74.5 Å². The van der Waals surface area contributed by atoms with Gasteiger partial charge in [0.05, 0.1) is 0 Å². The Bertz CT molecular complexity index is 1140. The van der Waals surface area contributed by atoms with Crippen molar-refractivity contribution in [1.82, 2.24) is 10.6 Å². The van der Waals surface area contributed by atoms with E-state index < -0.39 is 18.3 Å². The van der Waals surface area contributed by atoms with Crippen molar-refractivity contribution in [3.63, 3.8) is 0 Å². The minimum atomic E-state index is -0.847. The summed E-state index contributed by atoms with van der Waals surface area (Å²) in [5.74, 6) is -0.00604. The molecule has 0 fully saturated rings. The topological polar surface area (TPSA) is 103 Å². The van der Waals surface area contributed by atoms with Gasteiger partial charge in [0.15, 0.2) is 0 Å². The van der Waals surface area contributed by atoms with Crippen LogP contribution >= 0.6 is 0 Å². The van der Waals surface area contributed by atoms with Gasteiger partial charge in [-0.05, 0) is 42.2 Å². The van der Waals surface area contributed by atoms with Crippen LogP contribution in [0.25, 0.3) is 0 Å². The van der Waals surface area contributed by atoms with Crippen molar-refractivity contribution in [3.8, 4) is 5.75 Å². The zero-order valence-corrected chi connectivity index (χ0v) is 21.0. The van der Waals surface area contributed by atoms with E-state index in [0.717, 1.165) is 23.1 Å². The van der Waals surface area contributed by atoms with Crippen molar-refractivity contribution < 1.29 is 28.6 Å². The van der Waals surface area contributed by atoms with Crippen LogP contribution in [0.15, 0.2) is 84.9 Å². The van der Waals surface area contributed by atoms with Crippen molar-refractivity contribution in [1.29, 1.82) is 0 Å². The van der Waals surface area contributed by atoms with Gasteiger partial charge in [-0.1, -0.05) is 79.7 Å². The molecule has 0 radical (unpaired) electrons. The van der Waals surface area contributed by atoms with Crippen LogP contribution in [-0.2, 0) is 33.9 Å². The van der Waals surface area contributed by atoms with E-state index in [2.05, 4.69) is 10.6 Å². The normalized spacial score (nSPS) is 12.1. The maximum Gasteiger partial charge on any atom is 0.514 e. The number of benzene rings is 3. The molecule has 0 aromatic heterocycles. The Hall–Kier alpha value is -4.33. The second-order valence-electron chi connectivity index (χ2n) is 8.55. The molecule has 8 heteroatoms. The van der Waals surface area contributed by atoms with Gasteiger partial charge in [0.1, 0.15) is 25.0 Å². The molecule has 0 spiro atoms. The van der Waals surface area contributed by atoms with Crippen molar-refractivity contribution in [2.45, 2.75) is 52.0 Å². The first-order chi connectivity index (χ1) is 17.9. The first kappa shape index (κ1) is 27.3. The van der Waals surface area contributed by atoms with E-state index in [1.54, 1.807) is 24.3 Å². The van der Waals surface area contributed by atoms with E-state index in [9.17, 15) is 14.4 Å². The second kappa shape index (κ2) is 14.3. The minimum Gasteiger partial charge on any atom is -0.445 e. The summed E-state index contributed by atoms with van der Waals surface area (Å²) in [6.45, 7) is 4.06. The molecular formula is C29H32N2O6. The molecule has 0 aliphatic heterocycles. The number of carbonyl (C=O) groups excluding carboxylic acids is 3. The van der Waals surface area contributed by atoms with Crippen LogP contribution in [0.5, 0.6) is 5.75 Å². The van der Waals surface area contributed by atoms with Gasteiger partial charge in [0, 0.05) is 12.5 Å². The van der Waals surface area contributed by atoms with Crippen LogP contribution in [0, 0.1) is 0 Å². The Kier molecular flexibility index (Phi) is 10.5. The third kappa shape index (κ3) is 9.68. The lowest BCUT2D eigenvalue weighted by atomic mass is 10.0. The van der Waals surface area contributed by atoms with E-state index in [1.165, 1.54) is 0 Å². The maximum atomic E-state index is 12.9. The number of amides is 2. The molecular weight excluding hydrogens is 472 g/mol. The van der Waals surface area contributed by atoms with Crippen LogP contribution in [0.2, 0.25) is 0 Å². The molecule has 3 aromatic carbocycles. The molecule has 0 saturated heterocycles. The molecule has 2 amide bonds. The number of alkyl carbamates (subject to hydrolysis) is 1. The number of nitrogens with one attached hydrogen (secondary N) is 2. The standard InChI is InChI=1S/C29H32N2O6/c1-3-21(2)30-27(32)26(31-28(33)35-19-23-10-6-4-7-11-23)18-22-14-16-25(17-15-22)37-29(34)36-20-24-12-8-5-9-13-24/h4-17,21,26H,3,18-20H2,1-2H3,(H,30,32)(H,31,33)/t21-,26-/m0/s1. The van der Waals surface area contributed by atoms with Gasteiger partial charge < -0.3 is 24.8 Å². The van der Waals surface area contributed by atoms with Gasteiger partial charge in [-0.15, -0.1) is 0 Å². The van der Waals surface area contributed by atoms with Crippen LogP contribution < -0.4 is 15.4 Å². The molecule has 2 N–H and O–H groups in total. The fourth-order valence-corrected chi connectivity index (χ4v) is 3.33. The Morgan fingerprint density at radius 2 is 1.30 bits per heavy atom. The van der Waals surface area contributed by atoms with Crippen molar-refractivity contribution >= 4 is 18.2 Å². The minimum absolute atomic E-state index is 0.0465. The molecule has 0 bridgehead atoms. The fourth-order valence-electron chi connectivity index (χ4n) is 3.33. The molecule has 8 nitrogen and oxygen atoms in total. The van der Waals surface area contributed by atoms with E-state index in [4.69, 9.17) is 14.2 Å². The van der Waals surface area contributed by atoms with Crippen molar-refractivity contribution in [2.24, 2.45) is 0 Å². The molecule has 0 aliphatic rings. The number of rotatable bonds is 11. The highest BCUT2D eigenvalue weighted by atomic mass is 16.7.